The molecule has 0 saturated carbocycles. The van der Waals surface area contributed by atoms with Gasteiger partial charge in [-0.2, -0.15) is 21.6 Å². The van der Waals surface area contributed by atoms with Crippen LogP contribution in [0, 0.1) is 0 Å². The highest BCUT2D eigenvalue weighted by molar-refractivity contribution is 7.88. The van der Waals surface area contributed by atoms with Gasteiger partial charge in [-0.05, 0) is 18.2 Å². The second kappa shape index (κ2) is 4.67. The van der Waals surface area contributed by atoms with Crippen molar-refractivity contribution in [2.45, 2.75) is 5.51 Å². The van der Waals surface area contributed by atoms with Crippen molar-refractivity contribution in [3.05, 3.63) is 36.4 Å². The lowest BCUT2D eigenvalue weighted by Gasteiger charge is -2.08. The van der Waals surface area contributed by atoms with E-state index in [-0.39, 0.29) is 5.58 Å². The Morgan fingerprint density at radius 3 is 2.23 bits per heavy atom. The van der Waals surface area contributed by atoms with Gasteiger partial charge in [-0.25, -0.2) is 0 Å². The van der Waals surface area contributed by atoms with Gasteiger partial charge in [0.15, 0.2) is 0 Å². The maximum Gasteiger partial charge on any atom is 0.534 e. The summed E-state index contributed by atoms with van der Waals surface area (Å²) in [4.78, 5) is 0. The second-order valence-electron chi connectivity index (χ2n) is 4.50. The maximum absolute atomic E-state index is 12.3. The van der Waals surface area contributed by atoms with Crippen molar-refractivity contribution in [2.24, 2.45) is 0 Å². The van der Waals surface area contributed by atoms with Gasteiger partial charge < -0.3 is 8.60 Å². The van der Waals surface area contributed by atoms with Gasteiger partial charge in [-0.1, -0.05) is 17.6 Å². The second-order valence-corrected chi connectivity index (χ2v) is 6.04. The largest absolute Gasteiger partial charge is 0.534 e. The molecule has 1 heterocycles. The van der Waals surface area contributed by atoms with Gasteiger partial charge in [-0.3, -0.25) is 0 Å². The summed E-state index contributed by atoms with van der Waals surface area (Å²) in [5.74, 6) is -0.489. The number of rotatable bonds is 2. The van der Waals surface area contributed by atoms with Crippen LogP contribution in [-0.2, 0) is 10.1 Å². The first-order valence-electron chi connectivity index (χ1n) is 5.90. The third-order valence-corrected chi connectivity index (χ3v) is 3.94. The summed E-state index contributed by atoms with van der Waals surface area (Å²) in [5.41, 5.74) is -4.41. The summed E-state index contributed by atoms with van der Waals surface area (Å²) in [5, 5.41) is 1.31. The highest BCUT2D eigenvalue weighted by Gasteiger charge is 2.48. The first-order valence-corrected chi connectivity index (χ1v) is 7.31. The molecule has 0 saturated heterocycles. The summed E-state index contributed by atoms with van der Waals surface area (Å²) in [6.45, 7) is 0. The van der Waals surface area contributed by atoms with Crippen LogP contribution in [0.2, 0.25) is 0 Å². The molecular formula is C13H6BF3O4S. The molecule has 4 nitrogen and oxygen atoms in total. The molecule has 0 aliphatic heterocycles. The normalized spacial score (nSPS) is 12.9. The summed E-state index contributed by atoms with van der Waals surface area (Å²) in [7, 11) is -0.100. The third kappa shape index (κ3) is 2.41. The quantitative estimate of drug-likeness (QED) is 0.413. The van der Waals surface area contributed by atoms with Crippen molar-refractivity contribution in [1.29, 1.82) is 0 Å². The van der Waals surface area contributed by atoms with Crippen molar-refractivity contribution in [2.75, 3.05) is 0 Å². The third-order valence-electron chi connectivity index (χ3n) is 2.96. The summed E-state index contributed by atoms with van der Waals surface area (Å²) in [6.07, 6.45) is 0. The molecule has 3 rings (SSSR count). The molecule has 3 aromatic rings. The Balaban J connectivity index is 2.09. The number of alkyl halides is 3. The van der Waals surface area contributed by atoms with Gasteiger partial charge in [0.05, 0.1) is 0 Å². The Hall–Kier alpha value is -2.16. The van der Waals surface area contributed by atoms with E-state index in [0.717, 1.165) is 12.1 Å². The number of halogens is 3. The molecule has 0 N–H and O–H groups in total. The first-order chi connectivity index (χ1) is 10.2. The average molecular weight is 326 g/mol. The van der Waals surface area contributed by atoms with E-state index in [1.807, 2.05) is 0 Å². The van der Waals surface area contributed by atoms with E-state index in [1.54, 1.807) is 18.2 Å². The molecular weight excluding hydrogens is 320 g/mol. The van der Waals surface area contributed by atoms with Gasteiger partial charge in [0, 0.05) is 16.8 Å². The number of benzene rings is 2. The van der Waals surface area contributed by atoms with E-state index in [4.69, 9.17) is 12.3 Å². The summed E-state index contributed by atoms with van der Waals surface area (Å²) < 4.78 is 68.3. The topological polar surface area (TPSA) is 56.5 Å². The van der Waals surface area contributed by atoms with Crippen molar-refractivity contribution >= 4 is 45.4 Å². The SMILES string of the molecule is [B]c1ccc2c(c1)oc1cc(OS(=O)(=O)C(F)(F)F)ccc12. The zero-order chi connectivity index (χ0) is 16.1. The Labute approximate surface area is 124 Å². The fraction of sp³-hybridized carbons (Fsp3) is 0.0769. The highest BCUT2D eigenvalue weighted by Crippen LogP contribution is 2.33. The van der Waals surface area contributed by atoms with Gasteiger partial charge in [0.1, 0.15) is 24.8 Å². The molecule has 2 aromatic carbocycles. The summed E-state index contributed by atoms with van der Waals surface area (Å²) in [6, 6.07) is 8.52. The monoisotopic (exact) mass is 326 g/mol. The molecule has 9 heteroatoms. The minimum atomic E-state index is -5.72. The van der Waals surface area contributed by atoms with Crippen molar-refractivity contribution in [3.63, 3.8) is 0 Å². The Kier molecular flexibility index (Phi) is 3.14. The van der Waals surface area contributed by atoms with Crippen molar-refractivity contribution in [3.8, 4) is 5.75 Å². The maximum atomic E-state index is 12.3. The smallest absolute Gasteiger partial charge is 0.456 e. The number of hydrogen-bond donors (Lipinski definition) is 0. The average Bonchev–Trinajstić information content (AvgIpc) is 2.73. The molecule has 1 aromatic heterocycles. The molecule has 0 amide bonds. The molecule has 0 spiro atoms. The standard InChI is InChI=1S/C13H6BF3O4S/c14-7-1-3-9-10-4-2-8(6-12(10)20-11(9)5-7)21-22(18,19)13(15,16)17/h1-6H. The number of fused-ring (bicyclic) bond motifs is 3. The van der Waals surface area contributed by atoms with Crippen LogP contribution in [0.3, 0.4) is 0 Å². The van der Waals surface area contributed by atoms with Crippen LogP contribution in [0.15, 0.2) is 40.8 Å². The van der Waals surface area contributed by atoms with Crippen molar-refractivity contribution in [1.82, 2.24) is 0 Å². The van der Waals surface area contributed by atoms with Crippen LogP contribution in [0.25, 0.3) is 21.9 Å². The Bertz CT molecular complexity index is 976. The van der Waals surface area contributed by atoms with Gasteiger partial charge in [0.2, 0.25) is 0 Å². The molecule has 112 valence electrons. The Morgan fingerprint density at radius 2 is 1.59 bits per heavy atom. The highest BCUT2D eigenvalue weighted by atomic mass is 32.2. The molecule has 0 unspecified atom stereocenters. The van der Waals surface area contributed by atoms with Crippen molar-refractivity contribution < 1.29 is 30.2 Å². The number of furan rings is 1. The predicted octanol–water partition coefficient (Wildman–Crippen LogP) is 2.61. The lowest BCUT2D eigenvalue weighted by atomic mass is 9.95. The summed E-state index contributed by atoms with van der Waals surface area (Å²) >= 11 is 0. The van der Waals surface area contributed by atoms with E-state index < -0.39 is 21.4 Å². The van der Waals surface area contributed by atoms with Crippen LogP contribution in [0.5, 0.6) is 5.75 Å². The number of hydrogen-bond acceptors (Lipinski definition) is 4. The van der Waals surface area contributed by atoms with Crippen LogP contribution >= 0.6 is 0 Å². The molecule has 0 fully saturated rings. The lowest BCUT2D eigenvalue weighted by molar-refractivity contribution is -0.0500. The van der Waals surface area contributed by atoms with Gasteiger partial charge in [0.25, 0.3) is 0 Å². The van der Waals surface area contributed by atoms with Gasteiger partial charge >= 0.3 is 15.6 Å². The van der Waals surface area contributed by atoms with Crippen LogP contribution < -0.4 is 9.65 Å². The zero-order valence-corrected chi connectivity index (χ0v) is 11.5. The fourth-order valence-electron chi connectivity index (χ4n) is 2.00. The minimum absolute atomic E-state index is 0.190. The van der Waals surface area contributed by atoms with Crippen LogP contribution in [0.4, 0.5) is 13.2 Å². The molecule has 22 heavy (non-hydrogen) atoms. The van der Waals surface area contributed by atoms with E-state index in [9.17, 15) is 21.6 Å². The van der Waals surface area contributed by atoms with E-state index in [1.165, 1.54) is 6.07 Å². The predicted molar refractivity (Wildman–Crippen MR) is 74.7 cm³/mol. The Morgan fingerprint density at radius 1 is 1.00 bits per heavy atom. The minimum Gasteiger partial charge on any atom is -0.456 e. The first kappa shape index (κ1) is 14.8. The fourth-order valence-corrected chi connectivity index (χ4v) is 2.45. The lowest BCUT2D eigenvalue weighted by Crippen LogP contribution is -2.27. The molecule has 2 radical (unpaired) electrons. The van der Waals surface area contributed by atoms with Gasteiger partial charge in [-0.15, -0.1) is 0 Å². The molecule has 0 atom stereocenters. The van der Waals surface area contributed by atoms with E-state index in [2.05, 4.69) is 4.18 Å². The van der Waals surface area contributed by atoms with E-state index >= 15 is 0 Å². The van der Waals surface area contributed by atoms with Crippen LogP contribution in [0.1, 0.15) is 0 Å². The zero-order valence-electron chi connectivity index (χ0n) is 10.7. The van der Waals surface area contributed by atoms with E-state index in [0.29, 0.717) is 21.8 Å². The molecule has 0 aliphatic rings. The molecule has 0 aliphatic carbocycles. The molecule has 0 bridgehead atoms. The van der Waals surface area contributed by atoms with Crippen LogP contribution in [-0.4, -0.2) is 21.8 Å².